The van der Waals surface area contributed by atoms with Crippen molar-refractivity contribution in [3.63, 3.8) is 0 Å². The summed E-state index contributed by atoms with van der Waals surface area (Å²) in [5.74, 6) is -1.23. The summed E-state index contributed by atoms with van der Waals surface area (Å²) in [5.41, 5.74) is 4.75. The predicted octanol–water partition coefficient (Wildman–Crippen LogP) is 4.11. The van der Waals surface area contributed by atoms with Crippen molar-refractivity contribution >= 4 is 34.9 Å². The molecule has 37 heavy (non-hydrogen) atoms. The first-order valence-corrected chi connectivity index (χ1v) is 11.4. The number of nitrogens with zero attached hydrogens (tertiary/aromatic N) is 3. The number of carbonyl (C=O) groups is 3. The molecule has 3 amide bonds. The van der Waals surface area contributed by atoms with Gasteiger partial charge >= 0.3 is 12.3 Å². The molecule has 13 heteroatoms. The number of benzene rings is 1. The number of nitrogens with two attached hydrogens (primary N) is 1. The van der Waals surface area contributed by atoms with Gasteiger partial charge < -0.3 is 20.4 Å². The summed E-state index contributed by atoms with van der Waals surface area (Å²) in [5, 5.41) is 5.26. The zero-order valence-electron chi connectivity index (χ0n) is 20.5. The van der Waals surface area contributed by atoms with Crippen LogP contribution in [0.15, 0.2) is 36.5 Å². The molecule has 0 radical (unpaired) electrons. The number of amides is 3. The summed E-state index contributed by atoms with van der Waals surface area (Å²) in [6.45, 7) is 6.01. The van der Waals surface area contributed by atoms with Gasteiger partial charge in [-0.1, -0.05) is 0 Å². The summed E-state index contributed by atoms with van der Waals surface area (Å²) < 4.78 is 45.2. The topological polar surface area (TPSA) is 141 Å². The van der Waals surface area contributed by atoms with Crippen molar-refractivity contribution in [1.82, 2.24) is 19.9 Å². The number of fused-ring (bicyclic) bond motifs is 1. The molecule has 0 spiro atoms. The quantitative estimate of drug-likeness (QED) is 0.382. The van der Waals surface area contributed by atoms with Gasteiger partial charge in [-0.2, -0.15) is 13.2 Å². The van der Waals surface area contributed by atoms with Gasteiger partial charge in [0.2, 0.25) is 11.9 Å². The third-order valence-electron chi connectivity index (χ3n) is 5.05. The molecule has 0 unspecified atom stereocenters. The Hall–Kier alpha value is -4.16. The summed E-state index contributed by atoms with van der Waals surface area (Å²) >= 11 is 0. The van der Waals surface area contributed by atoms with Gasteiger partial charge in [0.05, 0.1) is 16.6 Å². The van der Waals surface area contributed by atoms with Crippen molar-refractivity contribution in [2.75, 3.05) is 11.9 Å². The molecule has 4 N–H and O–H groups in total. The predicted molar refractivity (Wildman–Crippen MR) is 129 cm³/mol. The Bertz CT molecular complexity index is 1300. The maximum absolute atomic E-state index is 12.8. The number of pyridine rings is 1. The van der Waals surface area contributed by atoms with Gasteiger partial charge in [0.1, 0.15) is 11.3 Å². The van der Waals surface area contributed by atoms with Gasteiger partial charge in [-0.05, 0) is 63.9 Å². The van der Waals surface area contributed by atoms with Crippen LogP contribution in [0.5, 0.6) is 0 Å². The Balaban J connectivity index is 1.75. The smallest absolute Gasteiger partial charge is 0.433 e. The zero-order chi connectivity index (χ0) is 27.4. The van der Waals surface area contributed by atoms with Crippen LogP contribution in [0.2, 0.25) is 0 Å². The number of hydrogen-bond donors (Lipinski definition) is 3. The fraction of sp³-hybridized carbons (Fsp3) is 0.375. The molecule has 0 fully saturated rings. The van der Waals surface area contributed by atoms with Gasteiger partial charge in [0.15, 0.2) is 0 Å². The second-order valence-electron chi connectivity index (χ2n) is 9.17. The fourth-order valence-electron chi connectivity index (χ4n) is 3.37. The van der Waals surface area contributed by atoms with E-state index in [4.69, 9.17) is 10.5 Å². The normalized spacial score (nSPS) is 11.8. The number of carbonyl (C=O) groups excluding carboxylic acids is 3. The second kappa shape index (κ2) is 10.8. The highest BCUT2D eigenvalue weighted by atomic mass is 19.4. The van der Waals surface area contributed by atoms with E-state index in [0.717, 1.165) is 12.3 Å². The lowest BCUT2D eigenvalue weighted by Gasteiger charge is -2.19. The van der Waals surface area contributed by atoms with Crippen LogP contribution in [0, 0.1) is 0 Å². The summed E-state index contributed by atoms with van der Waals surface area (Å²) in [7, 11) is 0. The lowest BCUT2D eigenvalue weighted by molar-refractivity contribution is -0.141. The summed E-state index contributed by atoms with van der Waals surface area (Å²) in [4.78, 5) is 43.8. The molecule has 0 atom stereocenters. The first-order valence-electron chi connectivity index (χ1n) is 11.4. The lowest BCUT2D eigenvalue weighted by atomic mass is 10.2. The molecular formula is C24H27F3N6O4. The number of halogens is 3. The number of imidazole rings is 1. The Morgan fingerprint density at radius 2 is 1.76 bits per heavy atom. The van der Waals surface area contributed by atoms with Crippen LogP contribution in [0.25, 0.3) is 11.0 Å². The van der Waals surface area contributed by atoms with Crippen molar-refractivity contribution in [3.05, 3.63) is 53.3 Å². The number of rotatable bonds is 8. The maximum atomic E-state index is 12.8. The average molecular weight is 521 g/mol. The average Bonchev–Trinajstić information content (AvgIpc) is 3.13. The third kappa shape index (κ3) is 7.41. The molecule has 3 rings (SSSR count). The van der Waals surface area contributed by atoms with E-state index in [9.17, 15) is 27.6 Å². The highest BCUT2D eigenvalue weighted by Gasteiger charge is 2.32. The zero-order valence-corrected chi connectivity index (χ0v) is 20.5. The van der Waals surface area contributed by atoms with Crippen LogP contribution in [0.3, 0.4) is 0 Å². The number of ether oxygens (including phenoxy) is 1. The van der Waals surface area contributed by atoms with E-state index >= 15 is 0 Å². The number of primary amides is 1. The fourth-order valence-corrected chi connectivity index (χ4v) is 3.37. The first kappa shape index (κ1) is 27.4. The number of aryl methyl sites for hydroxylation is 1. The number of alkyl carbamates (subject to hydrolysis) is 1. The number of unbranched alkanes of at least 4 members (excludes halogenated alkanes) is 1. The Kier molecular flexibility index (Phi) is 8.04. The van der Waals surface area contributed by atoms with E-state index in [1.807, 2.05) is 0 Å². The van der Waals surface area contributed by atoms with E-state index in [0.29, 0.717) is 43.0 Å². The number of nitrogens with one attached hydrogen (secondary N) is 2. The van der Waals surface area contributed by atoms with Crippen LogP contribution >= 0.6 is 0 Å². The minimum absolute atomic E-state index is 0.0917. The number of hydrogen-bond acceptors (Lipinski definition) is 6. The number of aromatic nitrogens is 3. The van der Waals surface area contributed by atoms with Gasteiger partial charge in [-0.3, -0.25) is 19.9 Å². The molecule has 3 aromatic rings. The van der Waals surface area contributed by atoms with Gasteiger partial charge in [0.25, 0.3) is 5.91 Å². The summed E-state index contributed by atoms with van der Waals surface area (Å²) in [6.07, 6.45) is -3.17. The molecule has 10 nitrogen and oxygen atoms in total. The Morgan fingerprint density at radius 3 is 2.35 bits per heavy atom. The highest BCUT2D eigenvalue weighted by Crippen LogP contribution is 2.27. The molecule has 0 aliphatic rings. The van der Waals surface area contributed by atoms with Crippen molar-refractivity contribution in [1.29, 1.82) is 0 Å². The maximum Gasteiger partial charge on any atom is 0.433 e. The lowest BCUT2D eigenvalue weighted by Crippen LogP contribution is -2.33. The van der Waals surface area contributed by atoms with Crippen molar-refractivity contribution in [2.45, 2.75) is 51.9 Å². The molecule has 198 valence electrons. The monoisotopic (exact) mass is 520 g/mol. The van der Waals surface area contributed by atoms with Crippen LogP contribution in [-0.2, 0) is 17.5 Å². The second-order valence-corrected chi connectivity index (χ2v) is 9.17. The van der Waals surface area contributed by atoms with Crippen molar-refractivity contribution < 1.29 is 32.3 Å². The van der Waals surface area contributed by atoms with Crippen molar-refractivity contribution in [2.24, 2.45) is 5.73 Å². The Labute approximate surface area is 210 Å². The van der Waals surface area contributed by atoms with Gasteiger partial charge in [0, 0.05) is 24.8 Å². The molecule has 2 aromatic heterocycles. The van der Waals surface area contributed by atoms with Crippen LogP contribution < -0.4 is 16.4 Å². The molecule has 0 bridgehead atoms. The molecule has 1 aromatic carbocycles. The van der Waals surface area contributed by atoms with Gasteiger partial charge in [-0.15, -0.1) is 0 Å². The third-order valence-corrected chi connectivity index (χ3v) is 5.05. The molecule has 0 saturated carbocycles. The molecule has 0 aliphatic heterocycles. The number of anilines is 1. The van der Waals surface area contributed by atoms with E-state index < -0.39 is 35.4 Å². The largest absolute Gasteiger partial charge is 0.444 e. The van der Waals surface area contributed by atoms with Crippen LogP contribution in [0.1, 0.15) is 60.0 Å². The first-order chi connectivity index (χ1) is 17.2. The van der Waals surface area contributed by atoms with E-state index in [-0.39, 0.29) is 17.1 Å². The van der Waals surface area contributed by atoms with E-state index in [1.165, 1.54) is 12.1 Å². The highest BCUT2D eigenvalue weighted by molar-refractivity contribution is 6.04. The van der Waals surface area contributed by atoms with Crippen molar-refractivity contribution in [3.8, 4) is 0 Å². The standard InChI is InChI=1S/C24H27F3N6O4/c1-23(2,3)37-22(36)29-10-4-5-11-33-17-8-6-14(19(28)34)12-16(17)31-21(33)32-20(35)15-7-9-18(30-13-15)24(25,26)27/h6-9,12-13H,4-5,10-11H2,1-3H3,(H2,28,34)(H,29,36)(H,31,32,35). The number of alkyl halides is 3. The van der Waals surface area contributed by atoms with Crippen LogP contribution in [0.4, 0.5) is 23.9 Å². The van der Waals surface area contributed by atoms with E-state index in [2.05, 4.69) is 20.6 Å². The molecule has 0 aliphatic carbocycles. The summed E-state index contributed by atoms with van der Waals surface area (Å²) in [6, 6.07) is 6.38. The molecule has 0 saturated heterocycles. The van der Waals surface area contributed by atoms with Crippen LogP contribution in [-0.4, -0.2) is 44.6 Å². The minimum Gasteiger partial charge on any atom is -0.444 e. The molecular weight excluding hydrogens is 493 g/mol. The van der Waals surface area contributed by atoms with E-state index in [1.54, 1.807) is 31.4 Å². The SMILES string of the molecule is CC(C)(C)OC(=O)NCCCCn1c(NC(=O)c2ccc(C(F)(F)F)nc2)nc2cc(C(N)=O)ccc21. The van der Waals surface area contributed by atoms with Gasteiger partial charge in [-0.25, -0.2) is 9.78 Å². The minimum atomic E-state index is -4.63. The Morgan fingerprint density at radius 1 is 1.05 bits per heavy atom. The molecule has 2 heterocycles.